The molecule has 0 unspecified atom stereocenters. The van der Waals surface area contributed by atoms with Crippen LogP contribution in [0.15, 0.2) is 76.4 Å². The van der Waals surface area contributed by atoms with Gasteiger partial charge in [-0.1, -0.05) is 73.9 Å². The minimum absolute atomic E-state index is 0.0517. The van der Waals surface area contributed by atoms with E-state index in [0.717, 1.165) is 18.7 Å². The molecule has 1 amide bonds. The first kappa shape index (κ1) is 21.9. The van der Waals surface area contributed by atoms with Crippen molar-refractivity contribution in [3.8, 4) is 11.1 Å². The highest BCUT2D eigenvalue weighted by molar-refractivity contribution is 7.98. The second-order valence-corrected chi connectivity index (χ2v) is 11.8. The smallest absolute Gasteiger partial charge is 0.336 e. The maximum atomic E-state index is 14.6. The van der Waals surface area contributed by atoms with Crippen LogP contribution in [0.1, 0.15) is 71.6 Å². The third-order valence-corrected chi connectivity index (χ3v) is 8.73. The van der Waals surface area contributed by atoms with E-state index < -0.39 is 131 Å². The molecule has 0 fully saturated rings. The van der Waals surface area contributed by atoms with Crippen molar-refractivity contribution in [2.24, 2.45) is 0 Å². The van der Waals surface area contributed by atoms with Gasteiger partial charge >= 0.3 is 6.18 Å². The van der Waals surface area contributed by atoms with Crippen molar-refractivity contribution in [3.63, 3.8) is 0 Å². The maximum Gasteiger partial charge on any atom is 0.416 e. The summed E-state index contributed by atoms with van der Waals surface area (Å²) in [5.41, 5.74) is -5.09. The Hall–Kier alpha value is -3.96. The normalized spacial score (nSPS) is 17.0. The zero-order valence-corrected chi connectivity index (χ0v) is 27.2. The number of benzene rings is 3. The van der Waals surface area contributed by atoms with Gasteiger partial charge in [-0.25, -0.2) is 4.39 Å². The number of carbonyl (C=O) groups excluding carboxylic acids is 1. The van der Waals surface area contributed by atoms with E-state index in [1.165, 1.54) is 4.57 Å². The number of rotatable bonds is 13. The Kier molecular flexibility index (Phi) is 7.07. The summed E-state index contributed by atoms with van der Waals surface area (Å²) in [6.45, 7) is 1.24. The van der Waals surface area contributed by atoms with Gasteiger partial charge in [-0.2, -0.15) is 18.2 Å². The predicted octanol–water partition coefficient (Wildman–Crippen LogP) is 7.53. The molecule has 1 heterocycles. The van der Waals surface area contributed by atoms with E-state index in [9.17, 15) is 29.9 Å². The lowest BCUT2D eigenvalue weighted by molar-refractivity contribution is -0.138. The fourth-order valence-electron chi connectivity index (χ4n) is 5.17. The van der Waals surface area contributed by atoms with Crippen molar-refractivity contribution in [2.75, 3.05) is 26.2 Å². The van der Waals surface area contributed by atoms with Gasteiger partial charge in [0.25, 0.3) is 5.56 Å². The number of amides is 1. The summed E-state index contributed by atoms with van der Waals surface area (Å²) in [6, 6.07) is -10.9. The lowest BCUT2D eigenvalue weighted by Crippen LogP contribution is -2.40. The number of likely N-dealkylation sites (N-methyl/N-ethyl adjacent to an activating group) is 1. The van der Waals surface area contributed by atoms with Gasteiger partial charge in [0.05, 0.1) is 23.4 Å². The number of aromatic nitrogens is 2. The van der Waals surface area contributed by atoms with E-state index in [1.807, 2.05) is 18.7 Å². The zero-order chi connectivity index (χ0) is 45.8. The first-order valence-electron chi connectivity index (χ1n) is 21.7. The van der Waals surface area contributed by atoms with Crippen molar-refractivity contribution < 1.29 is 40.2 Å². The summed E-state index contributed by atoms with van der Waals surface area (Å²) in [7, 11) is 0. The molecule has 11 heteroatoms. The molecule has 6 nitrogen and oxygen atoms in total. The molecule has 0 spiro atoms. The van der Waals surface area contributed by atoms with Gasteiger partial charge in [0, 0.05) is 36.6 Å². The van der Waals surface area contributed by atoms with E-state index in [2.05, 4.69) is 4.98 Å². The molecule has 48 heavy (non-hydrogen) atoms. The van der Waals surface area contributed by atoms with Crippen molar-refractivity contribution in [2.45, 2.75) is 70.2 Å². The summed E-state index contributed by atoms with van der Waals surface area (Å²) in [5, 5.41) is -0.115. The van der Waals surface area contributed by atoms with Crippen LogP contribution in [0.3, 0.4) is 0 Å². The molecule has 0 aliphatic heterocycles. The standard InChI is InChI=1S/C37H40F4N4O2S/c1-4-43(5-2)19-20-44(22-26-9-13-28(14-10-26)29-15-18-32(25(3)21-29)37(39,40)41)34(46)23-45-33-8-6-7-31(33)35(47)42-36(45)48-24-27-11-16-30(38)17-12-27/h9-18,21H,4-8,19-20,22-24H2,1-3H3/i9D,10D,11D,12D,13D,14D,15D,16D,17D,18D,21D,22D2. The quantitative estimate of drug-likeness (QED) is 0.0824. The first-order chi connectivity index (χ1) is 28.3. The molecular formula is C37H40F4N4O2S. The van der Waals surface area contributed by atoms with E-state index in [1.54, 1.807) is 0 Å². The lowest BCUT2D eigenvalue weighted by Gasteiger charge is -2.28. The summed E-state index contributed by atoms with van der Waals surface area (Å²) < 4.78 is 169. The zero-order valence-electron chi connectivity index (χ0n) is 39.4. The largest absolute Gasteiger partial charge is 0.416 e. The second kappa shape index (κ2) is 15.5. The van der Waals surface area contributed by atoms with Crippen molar-refractivity contribution in [1.82, 2.24) is 19.4 Å². The van der Waals surface area contributed by atoms with Gasteiger partial charge < -0.3 is 14.4 Å². The number of carbonyl (C=O) groups is 1. The topological polar surface area (TPSA) is 58.4 Å². The van der Waals surface area contributed by atoms with Crippen LogP contribution >= 0.6 is 11.8 Å². The van der Waals surface area contributed by atoms with Crippen LogP contribution in [-0.2, 0) is 42.6 Å². The summed E-state index contributed by atoms with van der Waals surface area (Å²) in [6.07, 6.45) is -4.05. The highest BCUT2D eigenvalue weighted by Gasteiger charge is 2.32. The third kappa shape index (κ3) is 8.54. The molecule has 4 aromatic rings. The van der Waals surface area contributed by atoms with Crippen LogP contribution < -0.4 is 5.56 Å². The van der Waals surface area contributed by atoms with Crippen LogP contribution in [0.4, 0.5) is 17.6 Å². The molecule has 3 aromatic carbocycles. The van der Waals surface area contributed by atoms with Crippen LogP contribution in [-0.4, -0.2) is 51.4 Å². The fraction of sp³-hybridized carbons (Fsp3) is 0.378. The molecule has 1 aliphatic carbocycles. The third-order valence-electron chi connectivity index (χ3n) is 7.73. The molecule has 0 radical (unpaired) electrons. The molecule has 5 rings (SSSR count). The lowest BCUT2D eigenvalue weighted by atomic mass is 9.98. The molecule has 1 aromatic heterocycles. The number of hydrogen-bond acceptors (Lipinski definition) is 5. The van der Waals surface area contributed by atoms with Crippen molar-refractivity contribution in [3.05, 3.63) is 116 Å². The Labute approximate surface area is 301 Å². The number of hydrogen-bond donors (Lipinski definition) is 0. The number of halogens is 4. The molecule has 1 aliphatic rings. The fourth-order valence-corrected chi connectivity index (χ4v) is 6.07. The van der Waals surface area contributed by atoms with Gasteiger partial charge in [0.2, 0.25) is 5.91 Å². The Balaban J connectivity index is 1.65. The Bertz CT molecular complexity index is 2410. The first-order valence-corrected chi connectivity index (χ1v) is 16.1. The van der Waals surface area contributed by atoms with E-state index in [4.69, 9.17) is 15.1 Å². The second-order valence-electron chi connectivity index (χ2n) is 10.8. The SMILES string of the molecule is [2H]c1c([2H])c(CSc2nc(=O)c3c(n2CC(=O)N(CCN(CC)CC)C([2H])([2H])c2c([2H])c([2H])c(-c4c([2H])c([2H])c(C(F)(F)F)c(C)c4[2H])c([2H])c2[2H])CCC3)c([2H])c([2H])c1F. The van der Waals surface area contributed by atoms with Crippen LogP contribution in [0.25, 0.3) is 11.1 Å². The molecule has 0 saturated heterocycles. The number of nitrogens with zero attached hydrogens (tertiary/aromatic N) is 4. The molecule has 0 atom stereocenters. The molecule has 0 bridgehead atoms. The van der Waals surface area contributed by atoms with Crippen molar-refractivity contribution in [1.29, 1.82) is 0 Å². The maximum absolute atomic E-state index is 14.6. The van der Waals surface area contributed by atoms with Gasteiger partial charge in [0.1, 0.15) is 12.4 Å². The van der Waals surface area contributed by atoms with E-state index >= 15 is 0 Å². The molecular weight excluding hydrogens is 640 g/mol. The molecule has 254 valence electrons. The Morgan fingerprint density at radius 1 is 0.979 bits per heavy atom. The summed E-state index contributed by atoms with van der Waals surface area (Å²) in [5.74, 6) is -2.68. The Morgan fingerprint density at radius 2 is 1.65 bits per heavy atom. The number of fused-ring (bicyclic) bond motifs is 1. The van der Waals surface area contributed by atoms with Gasteiger partial charge in [-0.05, 0) is 85.2 Å². The van der Waals surface area contributed by atoms with Gasteiger partial charge in [0.15, 0.2) is 5.16 Å². The summed E-state index contributed by atoms with van der Waals surface area (Å²) in [4.78, 5) is 34.5. The Morgan fingerprint density at radius 3 is 2.31 bits per heavy atom. The highest BCUT2D eigenvalue weighted by atomic mass is 32.2. The van der Waals surface area contributed by atoms with Crippen molar-refractivity contribution >= 4 is 17.7 Å². The van der Waals surface area contributed by atoms with Crippen LogP contribution in [0.2, 0.25) is 0 Å². The summed E-state index contributed by atoms with van der Waals surface area (Å²) >= 11 is 0.764. The van der Waals surface area contributed by atoms with E-state index in [-0.39, 0.29) is 41.5 Å². The average molecular weight is 694 g/mol. The van der Waals surface area contributed by atoms with Gasteiger partial charge in [-0.15, -0.1) is 0 Å². The predicted molar refractivity (Wildman–Crippen MR) is 181 cm³/mol. The van der Waals surface area contributed by atoms with E-state index in [0.29, 0.717) is 36.5 Å². The molecule has 0 N–H and O–H groups in total. The number of alkyl halides is 3. The minimum atomic E-state index is -5.13. The van der Waals surface area contributed by atoms with Crippen LogP contribution in [0.5, 0.6) is 0 Å². The highest BCUT2D eigenvalue weighted by Crippen LogP contribution is 2.34. The van der Waals surface area contributed by atoms with Crippen LogP contribution in [0, 0.1) is 12.7 Å². The van der Waals surface area contributed by atoms with Gasteiger partial charge in [-0.3, -0.25) is 9.59 Å². The molecule has 0 saturated carbocycles. The average Bonchev–Trinajstić information content (AvgIpc) is 3.69. The monoisotopic (exact) mass is 693 g/mol. The number of thioether (sulfide) groups is 1. The minimum Gasteiger partial charge on any atom is -0.336 e.